The standard InChI is InChI=1S/C17H27NO2/c1-17(2)9-5-8-15(17)16(19)14(11-18)12-6-4-7-13(10-12)20-3/h4,6-7,10,14-16,19H,5,8-9,11,18H2,1-3H3. The maximum absolute atomic E-state index is 10.8. The van der Waals surface area contributed by atoms with Crippen LogP contribution in [0, 0.1) is 11.3 Å². The Hall–Kier alpha value is -1.06. The number of hydrogen-bond donors (Lipinski definition) is 2. The molecule has 1 saturated carbocycles. The number of aliphatic hydroxyl groups excluding tert-OH is 1. The Bertz CT molecular complexity index is 444. The zero-order valence-electron chi connectivity index (χ0n) is 12.8. The second-order valence-electron chi connectivity index (χ2n) is 6.60. The monoisotopic (exact) mass is 277 g/mol. The molecule has 0 bridgehead atoms. The van der Waals surface area contributed by atoms with Gasteiger partial charge in [0.2, 0.25) is 0 Å². The van der Waals surface area contributed by atoms with Crippen molar-refractivity contribution in [1.82, 2.24) is 0 Å². The van der Waals surface area contributed by atoms with Crippen molar-refractivity contribution in [3.05, 3.63) is 29.8 Å². The first-order chi connectivity index (χ1) is 9.49. The van der Waals surface area contributed by atoms with Crippen molar-refractivity contribution in [2.75, 3.05) is 13.7 Å². The van der Waals surface area contributed by atoms with Crippen LogP contribution in [0.5, 0.6) is 5.75 Å². The summed E-state index contributed by atoms with van der Waals surface area (Å²) in [6, 6.07) is 7.90. The van der Waals surface area contributed by atoms with Crippen molar-refractivity contribution in [1.29, 1.82) is 0 Å². The van der Waals surface area contributed by atoms with Gasteiger partial charge in [-0.15, -0.1) is 0 Å². The molecular weight excluding hydrogens is 250 g/mol. The van der Waals surface area contributed by atoms with Crippen molar-refractivity contribution in [2.24, 2.45) is 17.1 Å². The molecule has 0 spiro atoms. The summed E-state index contributed by atoms with van der Waals surface area (Å²) in [5.41, 5.74) is 7.22. The fourth-order valence-corrected chi connectivity index (χ4v) is 3.61. The molecule has 3 N–H and O–H groups in total. The minimum absolute atomic E-state index is 0.0209. The van der Waals surface area contributed by atoms with E-state index in [0.29, 0.717) is 12.5 Å². The lowest BCUT2D eigenvalue weighted by molar-refractivity contribution is 0.0345. The van der Waals surface area contributed by atoms with Gasteiger partial charge in [0.05, 0.1) is 13.2 Å². The largest absolute Gasteiger partial charge is 0.497 e. The molecule has 3 nitrogen and oxygen atoms in total. The van der Waals surface area contributed by atoms with Crippen LogP contribution in [0.3, 0.4) is 0 Å². The van der Waals surface area contributed by atoms with E-state index in [1.165, 1.54) is 12.8 Å². The molecule has 1 aromatic carbocycles. The predicted octanol–water partition coefficient (Wildman–Crippen LogP) is 2.92. The van der Waals surface area contributed by atoms with Gasteiger partial charge < -0.3 is 15.6 Å². The first kappa shape index (κ1) is 15.3. The third kappa shape index (κ3) is 2.99. The molecule has 1 aliphatic rings. The van der Waals surface area contributed by atoms with Gasteiger partial charge in [-0.05, 0) is 41.9 Å². The second kappa shape index (κ2) is 6.15. The average Bonchev–Trinajstić information content (AvgIpc) is 2.79. The maximum atomic E-state index is 10.8. The van der Waals surface area contributed by atoms with Crippen LogP contribution in [0.25, 0.3) is 0 Å². The summed E-state index contributed by atoms with van der Waals surface area (Å²) >= 11 is 0. The van der Waals surface area contributed by atoms with Gasteiger partial charge in [-0.2, -0.15) is 0 Å². The Morgan fingerprint density at radius 2 is 2.20 bits per heavy atom. The first-order valence-corrected chi connectivity index (χ1v) is 7.51. The van der Waals surface area contributed by atoms with E-state index in [9.17, 15) is 5.11 Å². The quantitative estimate of drug-likeness (QED) is 0.870. The number of hydrogen-bond acceptors (Lipinski definition) is 3. The van der Waals surface area contributed by atoms with Crippen LogP contribution in [0.1, 0.15) is 44.6 Å². The Labute approximate surface area is 122 Å². The molecule has 3 unspecified atom stereocenters. The molecule has 112 valence electrons. The van der Waals surface area contributed by atoms with Crippen LogP contribution in [-0.4, -0.2) is 24.9 Å². The van der Waals surface area contributed by atoms with Crippen LogP contribution < -0.4 is 10.5 Å². The summed E-state index contributed by atoms with van der Waals surface area (Å²) in [4.78, 5) is 0. The van der Waals surface area contributed by atoms with E-state index >= 15 is 0 Å². The number of ether oxygens (including phenoxy) is 1. The van der Waals surface area contributed by atoms with Crippen molar-refractivity contribution < 1.29 is 9.84 Å². The number of aliphatic hydroxyl groups is 1. The van der Waals surface area contributed by atoms with E-state index in [-0.39, 0.29) is 17.4 Å². The fraction of sp³-hybridized carbons (Fsp3) is 0.647. The van der Waals surface area contributed by atoms with Gasteiger partial charge in [0.15, 0.2) is 0 Å². The number of nitrogens with two attached hydrogens (primary N) is 1. The average molecular weight is 277 g/mol. The van der Waals surface area contributed by atoms with Crippen molar-refractivity contribution in [3.8, 4) is 5.75 Å². The molecule has 0 heterocycles. The third-order valence-electron chi connectivity index (χ3n) is 4.94. The number of benzene rings is 1. The maximum Gasteiger partial charge on any atom is 0.119 e. The lowest BCUT2D eigenvalue weighted by atomic mass is 9.73. The van der Waals surface area contributed by atoms with Crippen LogP contribution >= 0.6 is 0 Å². The van der Waals surface area contributed by atoms with Crippen molar-refractivity contribution in [2.45, 2.75) is 45.1 Å². The highest BCUT2D eigenvalue weighted by molar-refractivity contribution is 5.32. The van der Waals surface area contributed by atoms with E-state index < -0.39 is 0 Å². The van der Waals surface area contributed by atoms with Gasteiger partial charge >= 0.3 is 0 Å². The third-order valence-corrected chi connectivity index (χ3v) is 4.94. The number of rotatable bonds is 5. The molecule has 0 aromatic heterocycles. The van der Waals surface area contributed by atoms with Crippen LogP contribution in [0.4, 0.5) is 0 Å². The molecule has 2 rings (SSSR count). The second-order valence-corrected chi connectivity index (χ2v) is 6.60. The minimum atomic E-state index is -0.385. The zero-order chi connectivity index (χ0) is 14.8. The summed E-state index contributed by atoms with van der Waals surface area (Å²) in [5, 5.41) is 10.8. The summed E-state index contributed by atoms with van der Waals surface area (Å²) < 4.78 is 5.27. The van der Waals surface area contributed by atoms with Gasteiger partial charge in [0.25, 0.3) is 0 Å². The summed E-state index contributed by atoms with van der Waals surface area (Å²) in [7, 11) is 1.66. The molecule has 0 aliphatic heterocycles. The Kier molecular flexibility index (Phi) is 4.71. The van der Waals surface area contributed by atoms with E-state index in [1.54, 1.807) is 7.11 Å². The fourth-order valence-electron chi connectivity index (χ4n) is 3.61. The summed E-state index contributed by atoms with van der Waals surface area (Å²) in [5.74, 6) is 1.12. The molecule has 3 atom stereocenters. The van der Waals surface area contributed by atoms with Gasteiger partial charge in [-0.3, -0.25) is 0 Å². The molecule has 20 heavy (non-hydrogen) atoms. The molecule has 0 amide bonds. The van der Waals surface area contributed by atoms with E-state index in [2.05, 4.69) is 13.8 Å². The van der Waals surface area contributed by atoms with E-state index in [4.69, 9.17) is 10.5 Å². The molecule has 1 aromatic rings. The highest BCUT2D eigenvalue weighted by atomic mass is 16.5. The summed E-state index contributed by atoms with van der Waals surface area (Å²) in [6.45, 7) is 4.97. The predicted molar refractivity (Wildman–Crippen MR) is 81.9 cm³/mol. The van der Waals surface area contributed by atoms with Gasteiger partial charge in [-0.1, -0.05) is 32.4 Å². The minimum Gasteiger partial charge on any atom is -0.497 e. The van der Waals surface area contributed by atoms with Gasteiger partial charge in [-0.25, -0.2) is 0 Å². The summed E-state index contributed by atoms with van der Waals surface area (Å²) in [6.07, 6.45) is 3.09. The van der Waals surface area contributed by atoms with Crippen LogP contribution in [0.15, 0.2) is 24.3 Å². The van der Waals surface area contributed by atoms with Crippen molar-refractivity contribution >= 4 is 0 Å². The van der Waals surface area contributed by atoms with Crippen LogP contribution in [0.2, 0.25) is 0 Å². The van der Waals surface area contributed by atoms with Crippen molar-refractivity contribution in [3.63, 3.8) is 0 Å². The Balaban J connectivity index is 2.22. The normalized spacial score (nSPS) is 24.4. The molecule has 1 aliphatic carbocycles. The van der Waals surface area contributed by atoms with Crippen LogP contribution in [-0.2, 0) is 0 Å². The lowest BCUT2D eigenvalue weighted by Gasteiger charge is -2.35. The first-order valence-electron chi connectivity index (χ1n) is 7.51. The Morgan fingerprint density at radius 1 is 1.45 bits per heavy atom. The number of methoxy groups -OCH3 is 1. The van der Waals surface area contributed by atoms with E-state index in [1.807, 2.05) is 24.3 Å². The van der Waals surface area contributed by atoms with Gasteiger partial charge in [0, 0.05) is 12.5 Å². The topological polar surface area (TPSA) is 55.5 Å². The van der Waals surface area contributed by atoms with E-state index in [0.717, 1.165) is 17.7 Å². The zero-order valence-corrected chi connectivity index (χ0v) is 12.8. The molecule has 0 radical (unpaired) electrons. The smallest absolute Gasteiger partial charge is 0.119 e. The molecule has 0 saturated heterocycles. The highest BCUT2D eigenvalue weighted by Crippen LogP contribution is 2.47. The lowest BCUT2D eigenvalue weighted by Crippen LogP contribution is -2.37. The highest BCUT2D eigenvalue weighted by Gasteiger charge is 2.41. The van der Waals surface area contributed by atoms with Gasteiger partial charge in [0.1, 0.15) is 5.75 Å². The molecule has 1 fully saturated rings. The Morgan fingerprint density at radius 3 is 2.75 bits per heavy atom. The SMILES string of the molecule is COc1cccc(C(CN)C(O)C2CCCC2(C)C)c1. The molecular formula is C17H27NO2. The molecule has 3 heteroatoms.